The van der Waals surface area contributed by atoms with Gasteiger partial charge in [0.25, 0.3) is 0 Å². The average Bonchev–Trinajstić information content (AvgIpc) is 3.01. The van der Waals surface area contributed by atoms with Crippen LogP contribution in [-0.2, 0) is 0 Å². The van der Waals surface area contributed by atoms with E-state index in [0.717, 1.165) is 22.6 Å². The van der Waals surface area contributed by atoms with Gasteiger partial charge in [-0.15, -0.1) is 0 Å². The van der Waals surface area contributed by atoms with Crippen LogP contribution in [0.5, 0.6) is 0 Å². The van der Waals surface area contributed by atoms with E-state index in [2.05, 4.69) is 87.7 Å². The molecule has 0 aliphatic rings. The van der Waals surface area contributed by atoms with Gasteiger partial charge in [0, 0.05) is 58.8 Å². The van der Waals surface area contributed by atoms with Gasteiger partial charge >= 0.3 is 0 Å². The van der Waals surface area contributed by atoms with Gasteiger partial charge in [0.05, 0.1) is 5.52 Å². The third-order valence-electron chi connectivity index (χ3n) is 7.63. The molecule has 0 unspecified atom stereocenters. The molecule has 5 aromatic carbocycles. The maximum absolute atomic E-state index is 4.73. The lowest BCUT2D eigenvalue weighted by Crippen LogP contribution is -2.09. The molecule has 0 radical (unpaired) electrons. The first kappa shape index (κ1) is 21.7. The number of nitrogens with zero attached hydrogens (tertiary/aromatic N) is 4. The molecule has 0 atom stereocenters. The molecule has 0 spiro atoms. The van der Waals surface area contributed by atoms with Crippen LogP contribution in [0.4, 0.5) is 17.1 Å². The van der Waals surface area contributed by atoms with Crippen molar-refractivity contribution in [2.45, 2.75) is 0 Å². The lowest BCUT2D eigenvalue weighted by Gasteiger charge is -2.25. The molecule has 0 bridgehead atoms. The fraction of sp³-hybridized carbons (Fsp3) is 0. The van der Waals surface area contributed by atoms with Crippen LogP contribution < -0.4 is 4.90 Å². The van der Waals surface area contributed by atoms with Crippen LogP contribution in [0.2, 0.25) is 0 Å². The van der Waals surface area contributed by atoms with Crippen molar-refractivity contribution in [1.29, 1.82) is 0 Å². The topological polar surface area (TPSA) is 41.9 Å². The summed E-state index contributed by atoms with van der Waals surface area (Å²) in [4.78, 5) is 15.4. The van der Waals surface area contributed by atoms with E-state index >= 15 is 0 Å². The van der Waals surface area contributed by atoms with Crippen molar-refractivity contribution in [2.75, 3.05) is 4.90 Å². The minimum Gasteiger partial charge on any atom is -0.310 e. The fourth-order valence-corrected chi connectivity index (χ4v) is 5.89. The summed E-state index contributed by atoms with van der Waals surface area (Å²) in [6.07, 6.45) is 9.17. The van der Waals surface area contributed by atoms with Gasteiger partial charge in [-0.25, -0.2) is 0 Å². The summed E-state index contributed by atoms with van der Waals surface area (Å²) in [6.45, 7) is 0. The zero-order valence-corrected chi connectivity index (χ0v) is 21.0. The third kappa shape index (κ3) is 3.42. The number of aromatic nitrogens is 3. The van der Waals surface area contributed by atoms with Gasteiger partial charge in [-0.3, -0.25) is 15.0 Å². The first-order chi connectivity index (χ1) is 19.3. The van der Waals surface area contributed by atoms with Crippen LogP contribution in [0.1, 0.15) is 0 Å². The van der Waals surface area contributed by atoms with Crippen molar-refractivity contribution >= 4 is 60.3 Å². The molecule has 39 heavy (non-hydrogen) atoms. The SMILES string of the molecule is c1cnc2c(c1)cc1ccc3ccc(-c4ccc(N(c5ccncc5)c5ccncc5)cc4)c4ccc2c1c34. The number of anilines is 3. The van der Waals surface area contributed by atoms with Gasteiger partial charge in [-0.05, 0) is 86.6 Å². The largest absolute Gasteiger partial charge is 0.310 e. The van der Waals surface area contributed by atoms with Gasteiger partial charge in [0.1, 0.15) is 0 Å². The maximum Gasteiger partial charge on any atom is 0.0780 e. The van der Waals surface area contributed by atoms with Crippen LogP contribution in [-0.4, -0.2) is 15.0 Å². The summed E-state index contributed by atoms with van der Waals surface area (Å²) in [5.74, 6) is 0. The Morgan fingerprint density at radius 3 is 1.82 bits per heavy atom. The van der Waals surface area contributed by atoms with E-state index in [0.29, 0.717) is 0 Å². The van der Waals surface area contributed by atoms with Crippen LogP contribution >= 0.6 is 0 Å². The minimum absolute atomic E-state index is 1.05. The van der Waals surface area contributed by atoms with Crippen molar-refractivity contribution in [3.05, 3.63) is 134 Å². The number of benzene rings is 5. The predicted octanol–water partition coefficient (Wildman–Crippen LogP) is 9.06. The quantitative estimate of drug-likeness (QED) is 0.179. The van der Waals surface area contributed by atoms with Crippen molar-refractivity contribution in [2.24, 2.45) is 0 Å². The Balaban J connectivity index is 1.30. The second kappa shape index (κ2) is 8.61. The van der Waals surface area contributed by atoms with E-state index in [1.807, 2.05) is 61.3 Å². The van der Waals surface area contributed by atoms with Crippen LogP contribution in [0.25, 0.3) is 54.3 Å². The number of fused-ring (bicyclic) bond motifs is 2. The summed E-state index contributed by atoms with van der Waals surface area (Å²) in [7, 11) is 0. The Morgan fingerprint density at radius 2 is 1.08 bits per heavy atom. The maximum atomic E-state index is 4.73. The first-order valence-electron chi connectivity index (χ1n) is 13.0. The molecule has 0 N–H and O–H groups in total. The third-order valence-corrected chi connectivity index (χ3v) is 7.63. The van der Waals surface area contributed by atoms with E-state index in [9.17, 15) is 0 Å². The lowest BCUT2D eigenvalue weighted by atomic mass is 9.89. The van der Waals surface area contributed by atoms with Crippen LogP contribution in [0, 0.1) is 0 Å². The first-order valence-corrected chi connectivity index (χ1v) is 13.0. The molecule has 4 nitrogen and oxygen atoms in total. The zero-order chi connectivity index (χ0) is 25.8. The van der Waals surface area contributed by atoms with E-state index in [-0.39, 0.29) is 0 Å². The van der Waals surface area contributed by atoms with Crippen molar-refractivity contribution in [1.82, 2.24) is 15.0 Å². The molecule has 0 saturated carbocycles. The summed E-state index contributed by atoms with van der Waals surface area (Å²) in [5, 5.41) is 8.73. The zero-order valence-electron chi connectivity index (χ0n) is 21.0. The van der Waals surface area contributed by atoms with Gasteiger partial charge < -0.3 is 4.90 Å². The van der Waals surface area contributed by atoms with Gasteiger partial charge in [-0.1, -0.05) is 54.6 Å². The van der Waals surface area contributed by atoms with E-state index in [1.54, 1.807) is 0 Å². The molecule has 0 saturated heterocycles. The van der Waals surface area contributed by atoms with Crippen LogP contribution in [0.15, 0.2) is 134 Å². The smallest absolute Gasteiger partial charge is 0.0780 e. The summed E-state index contributed by atoms with van der Waals surface area (Å²) in [5.41, 5.74) is 6.64. The highest BCUT2D eigenvalue weighted by atomic mass is 15.1. The second-order valence-electron chi connectivity index (χ2n) is 9.78. The molecule has 8 rings (SSSR count). The van der Waals surface area contributed by atoms with Gasteiger partial charge in [0.2, 0.25) is 0 Å². The Kier molecular flexibility index (Phi) is 4.79. The Morgan fingerprint density at radius 1 is 0.462 bits per heavy atom. The van der Waals surface area contributed by atoms with E-state index < -0.39 is 0 Å². The number of rotatable bonds is 4. The highest BCUT2D eigenvalue weighted by Gasteiger charge is 2.16. The van der Waals surface area contributed by atoms with E-state index in [4.69, 9.17) is 4.98 Å². The Bertz CT molecular complexity index is 2060. The predicted molar refractivity (Wildman–Crippen MR) is 161 cm³/mol. The monoisotopic (exact) mass is 498 g/mol. The molecule has 8 aromatic rings. The van der Waals surface area contributed by atoms with Crippen LogP contribution in [0.3, 0.4) is 0 Å². The fourth-order valence-electron chi connectivity index (χ4n) is 5.89. The minimum atomic E-state index is 1.05. The molecular formula is C35H22N4. The van der Waals surface area contributed by atoms with Gasteiger partial charge in [0.15, 0.2) is 0 Å². The highest BCUT2D eigenvalue weighted by molar-refractivity contribution is 6.29. The highest BCUT2D eigenvalue weighted by Crippen LogP contribution is 2.42. The van der Waals surface area contributed by atoms with Gasteiger partial charge in [-0.2, -0.15) is 0 Å². The molecule has 0 fully saturated rings. The normalized spacial score (nSPS) is 11.6. The second-order valence-corrected chi connectivity index (χ2v) is 9.78. The molecule has 182 valence electrons. The number of hydrogen-bond acceptors (Lipinski definition) is 4. The van der Waals surface area contributed by atoms with E-state index in [1.165, 1.54) is 48.8 Å². The molecule has 4 heteroatoms. The van der Waals surface area contributed by atoms with Crippen molar-refractivity contribution < 1.29 is 0 Å². The van der Waals surface area contributed by atoms with Crippen molar-refractivity contribution in [3.8, 4) is 11.1 Å². The lowest BCUT2D eigenvalue weighted by molar-refractivity contribution is 1.22. The Hall–Kier alpha value is -5.35. The molecule has 0 aliphatic carbocycles. The molecule has 0 aliphatic heterocycles. The standard InChI is InChI=1S/C35H22N4/c1-2-26-22-25-4-3-24-7-10-30(31-11-12-32(34(25)33(24)31)35(26)38-17-1)23-5-8-27(9-6-23)39(28-13-18-36-19-14-28)29-15-20-37-21-16-29/h1-22H. The Labute approximate surface area is 225 Å². The molecule has 3 aromatic heterocycles. The molecule has 0 amide bonds. The summed E-state index contributed by atoms with van der Waals surface area (Å²) < 4.78 is 0. The molecule has 3 heterocycles. The average molecular weight is 499 g/mol. The number of pyridine rings is 3. The molecular weight excluding hydrogens is 476 g/mol. The summed E-state index contributed by atoms with van der Waals surface area (Å²) in [6, 6.07) is 36.8. The number of hydrogen-bond donors (Lipinski definition) is 0. The summed E-state index contributed by atoms with van der Waals surface area (Å²) >= 11 is 0. The van der Waals surface area contributed by atoms with Crippen molar-refractivity contribution in [3.63, 3.8) is 0 Å².